The number of rotatable bonds is 6. The molecule has 1 amide bonds. The van der Waals surface area contributed by atoms with Crippen molar-refractivity contribution in [1.82, 2.24) is 15.1 Å². The topological polar surface area (TPSA) is 64.0 Å². The van der Waals surface area contributed by atoms with Gasteiger partial charge < -0.3 is 5.32 Å². The first-order valence-corrected chi connectivity index (χ1v) is 8.94. The van der Waals surface area contributed by atoms with Crippen LogP contribution in [0.1, 0.15) is 34.7 Å². The van der Waals surface area contributed by atoms with Crippen LogP contribution in [0.25, 0.3) is 0 Å². The number of nitrogens with zero attached hydrogens (tertiary/aromatic N) is 2. The van der Waals surface area contributed by atoms with Gasteiger partial charge in [0.15, 0.2) is 0 Å². The predicted molar refractivity (Wildman–Crippen MR) is 88.2 cm³/mol. The Morgan fingerprint density at radius 1 is 1.36 bits per heavy atom. The lowest BCUT2D eigenvalue weighted by Gasteiger charge is -2.18. The molecule has 2 atom stereocenters. The first-order chi connectivity index (χ1) is 10.5. The van der Waals surface area contributed by atoms with Crippen molar-refractivity contribution in [3.8, 4) is 0 Å². The first kappa shape index (κ1) is 16.4. The Labute approximate surface area is 133 Å². The molecule has 5 nitrogen and oxygen atoms in total. The molecule has 0 saturated heterocycles. The highest BCUT2D eigenvalue weighted by molar-refractivity contribution is 7.84. The number of aryl methyl sites for hydroxylation is 2. The van der Waals surface area contributed by atoms with Crippen molar-refractivity contribution in [2.45, 2.75) is 26.4 Å². The molecule has 1 N–H and O–H groups in total. The van der Waals surface area contributed by atoms with E-state index in [9.17, 15) is 9.00 Å². The van der Waals surface area contributed by atoms with Crippen molar-refractivity contribution >= 4 is 16.7 Å². The van der Waals surface area contributed by atoms with Gasteiger partial charge >= 0.3 is 0 Å². The second-order valence-corrected chi connectivity index (χ2v) is 6.64. The summed E-state index contributed by atoms with van der Waals surface area (Å²) in [5.41, 5.74) is 2.29. The minimum atomic E-state index is -1.01. The number of benzene rings is 1. The molecule has 0 spiro atoms. The highest BCUT2D eigenvalue weighted by atomic mass is 32.2. The molecule has 6 heteroatoms. The minimum absolute atomic E-state index is 0.193. The van der Waals surface area contributed by atoms with Gasteiger partial charge in [-0.3, -0.25) is 13.7 Å². The van der Waals surface area contributed by atoms with Crippen LogP contribution < -0.4 is 5.32 Å². The summed E-state index contributed by atoms with van der Waals surface area (Å²) in [4.78, 5) is 12.5. The van der Waals surface area contributed by atoms with Crippen molar-refractivity contribution < 1.29 is 9.00 Å². The fourth-order valence-corrected chi connectivity index (χ4v) is 3.09. The van der Waals surface area contributed by atoms with E-state index in [-0.39, 0.29) is 11.9 Å². The van der Waals surface area contributed by atoms with E-state index in [1.165, 1.54) is 0 Å². The number of carbonyl (C=O) groups excluding carboxylic acids is 1. The van der Waals surface area contributed by atoms with Gasteiger partial charge in [0, 0.05) is 29.4 Å². The lowest BCUT2D eigenvalue weighted by molar-refractivity contribution is 0.0929. The van der Waals surface area contributed by atoms with Gasteiger partial charge in [-0.2, -0.15) is 5.10 Å². The van der Waals surface area contributed by atoms with Crippen LogP contribution >= 0.6 is 0 Å². The summed E-state index contributed by atoms with van der Waals surface area (Å²) >= 11 is 0. The average Bonchev–Trinajstić information content (AvgIpc) is 2.88. The van der Waals surface area contributed by atoms with E-state index in [4.69, 9.17) is 0 Å². The molecule has 0 saturated carbocycles. The molecule has 2 aromatic rings. The van der Waals surface area contributed by atoms with Crippen LogP contribution in [0.5, 0.6) is 0 Å². The molecule has 1 aromatic heterocycles. The fraction of sp³-hybridized carbons (Fsp3) is 0.375. The summed E-state index contributed by atoms with van der Waals surface area (Å²) < 4.78 is 13.3. The summed E-state index contributed by atoms with van der Waals surface area (Å²) in [7, 11) is -1.01. The SMILES string of the molecule is CCn1nc(C)cc1C(=O)N[C@@H](C[S@@](C)=O)c1ccccc1. The molecular weight excluding hydrogens is 298 g/mol. The summed E-state index contributed by atoms with van der Waals surface area (Å²) in [6.07, 6.45) is 1.64. The van der Waals surface area contributed by atoms with Crippen LogP contribution in [-0.2, 0) is 17.3 Å². The Balaban J connectivity index is 2.23. The Bertz CT molecular complexity index is 667. The Morgan fingerprint density at radius 2 is 2.05 bits per heavy atom. The number of nitrogens with one attached hydrogen (secondary N) is 1. The second-order valence-electron chi connectivity index (χ2n) is 5.16. The van der Waals surface area contributed by atoms with Gasteiger partial charge in [-0.15, -0.1) is 0 Å². The van der Waals surface area contributed by atoms with Gasteiger partial charge in [0.1, 0.15) is 5.69 Å². The second kappa shape index (κ2) is 7.35. The number of aromatic nitrogens is 2. The summed E-state index contributed by atoms with van der Waals surface area (Å²) in [6, 6.07) is 11.1. The molecule has 2 rings (SSSR count). The maximum atomic E-state index is 12.5. The lowest BCUT2D eigenvalue weighted by atomic mass is 10.1. The molecule has 1 heterocycles. The maximum Gasteiger partial charge on any atom is 0.270 e. The zero-order valence-electron chi connectivity index (χ0n) is 13.1. The van der Waals surface area contributed by atoms with Crippen LogP contribution in [0.15, 0.2) is 36.4 Å². The molecule has 0 bridgehead atoms. The Hall–Kier alpha value is -1.95. The van der Waals surface area contributed by atoms with Crippen molar-refractivity contribution in [1.29, 1.82) is 0 Å². The third kappa shape index (κ3) is 4.04. The quantitative estimate of drug-likeness (QED) is 0.886. The number of amides is 1. The van der Waals surface area contributed by atoms with Gasteiger partial charge in [0.05, 0.1) is 11.7 Å². The third-order valence-electron chi connectivity index (χ3n) is 3.34. The van der Waals surface area contributed by atoms with Gasteiger partial charge in [0.2, 0.25) is 0 Å². The molecular formula is C16H21N3O2S. The van der Waals surface area contributed by atoms with E-state index < -0.39 is 10.8 Å². The van der Waals surface area contributed by atoms with E-state index >= 15 is 0 Å². The zero-order chi connectivity index (χ0) is 16.1. The number of carbonyl (C=O) groups is 1. The van der Waals surface area contributed by atoms with Gasteiger partial charge in [-0.25, -0.2) is 0 Å². The normalized spacial score (nSPS) is 13.6. The van der Waals surface area contributed by atoms with Crippen molar-refractivity contribution in [2.24, 2.45) is 0 Å². The standard InChI is InChI=1S/C16H21N3O2S/c1-4-19-15(10-12(2)18-19)16(20)17-14(11-22(3)21)13-8-6-5-7-9-13/h5-10,14H,4,11H2,1-3H3,(H,17,20)/t14-,22+/m0/s1. The molecule has 0 fully saturated rings. The molecule has 0 unspecified atom stereocenters. The first-order valence-electron chi connectivity index (χ1n) is 7.21. The van der Waals surface area contributed by atoms with Crippen molar-refractivity contribution in [2.75, 3.05) is 12.0 Å². The van der Waals surface area contributed by atoms with Crippen LogP contribution in [0.3, 0.4) is 0 Å². The summed E-state index contributed by atoms with van der Waals surface area (Å²) in [6.45, 7) is 4.43. The van der Waals surface area contributed by atoms with Crippen LogP contribution in [0.2, 0.25) is 0 Å². The summed E-state index contributed by atoms with van der Waals surface area (Å²) in [5, 5.41) is 7.26. The number of hydrogen-bond donors (Lipinski definition) is 1. The maximum absolute atomic E-state index is 12.5. The largest absolute Gasteiger partial charge is 0.343 e. The average molecular weight is 319 g/mol. The minimum Gasteiger partial charge on any atom is -0.343 e. The molecule has 0 aliphatic carbocycles. The van der Waals surface area contributed by atoms with Crippen LogP contribution in [0.4, 0.5) is 0 Å². The molecule has 22 heavy (non-hydrogen) atoms. The fourth-order valence-electron chi connectivity index (χ4n) is 2.34. The zero-order valence-corrected chi connectivity index (χ0v) is 13.9. The lowest BCUT2D eigenvalue weighted by Crippen LogP contribution is -2.33. The monoisotopic (exact) mass is 319 g/mol. The third-order valence-corrected chi connectivity index (χ3v) is 4.15. The van der Waals surface area contributed by atoms with E-state index in [0.29, 0.717) is 18.0 Å². The van der Waals surface area contributed by atoms with E-state index in [1.807, 2.05) is 44.2 Å². The Kier molecular flexibility index (Phi) is 5.49. The van der Waals surface area contributed by atoms with Gasteiger partial charge in [-0.05, 0) is 25.5 Å². The van der Waals surface area contributed by atoms with Crippen molar-refractivity contribution in [3.63, 3.8) is 0 Å². The number of hydrogen-bond acceptors (Lipinski definition) is 3. The van der Waals surface area contributed by atoms with Crippen LogP contribution in [0, 0.1) is 6.92 Å². The molecule has 118 valence electrons. The van der Waals surface area contributed by atoms with Gasteiger partial charge in [-0.1, -0.05) is 30.3 Å². The van der Waals surface area contributed by atoms with E-state index in [0.717, 1.165) is 11.3 Å². The Morgan fingerprint density at radius 3 is 2.64 bits per heavy atom. The van der Waals surface area contributed by atoms with Crippen LogP contribution in [-0.4, -0.2) is 31.9 Å². The van der Waals surface area contributed by atoms with Crippen molar-refractivity contribution in [3.05, 3.63) is 53.3 Å². The predicted octanol–water partition coefficient (Wildman–Crippen LogP) is 2.06. The van der Waals surface area contributed by atoms with E-state index in [2.05, 4.69) is 10.4 Å². The smallest absolute Gasteiger partial charge is 0.270 e. The highest BCUT2D eigenvalue weighted by Gasteiger charge is 2.20. The molecule has 1 aromatic carbocycles. The molecule has 0 aliphatic rings. The van der Waals surface area contributed by atoms with E-state index in [1.54, 1.807) is 17.0 Å². The summed E-state index contributed by atoms with van der Waals surface area (Å²) in [5.74, 6) is 0.191. The molecule has 0 aliphatic heterocycles. The van der Waals surface area contributed by atoms with Gasteiger partial charge in [0.25, 0.3) is 5.91 Å². The highest BCUT2D eigenvalue weighted by Crippen LogP contribution is 2.15. The molecule has 0 radical (unpaired) electrons.